The number of rotatable bonds is 6. The third-order valence-electron chi connectivity index (χ3n) is 5.09. The Morgan fingerprint density at radius 1 is 1.03 bits per heavy atom. The van der Waals surface area contributed by atoms with Gasteiger partial charge in [-0.05, 0) is 35.4 Å². The first-order chi connectivity index (χ1) is 15.2. The number of furan rings is 1. The predicted octanol–water partition coefficient (Wildman–Crippen LogP) is 4.92. The van der Waals surface area contributed by atoms with Crippen LogP contribution in [0.1, 0.15) is 21.6 Å². The van der Waals surface area contributed by atoms with Gasteiger partial charge in [0, 0.05) is 43.3 Å². The van der Waals surface area contributed by atoms with Gasteiger partial charge in [0.1, 0.15) is 11.5 Å². The van der Waals surface area contributed by atoms with E-state index < -0.39 is 0 Å². The molecule has 0 aliphatic rings. The number of carbonyl (C=O) groups is 1. The van der Waals surface area contributed by atoms with Crippen LogP contribution in [0.3, 0.4) is 0 Å². The number of carbonyl (C=O) groups excluding carboxylic acids is 1. The van der Waals surface area contributed by atoms with Crippen molar-refractivity contribution in [2.45, 2.75) is 13.1 Å². The number of halogens is 1. The molecule has 3 heterocycles. The zero-order valence-electron chi connectivity index (χ0n) is 16.5. The number of nitrogens with one attached hydrogen (secondary N) is 1. The molecule has 0 radical (unpaired) electrons. The van der Waals surface area contributed by atoms with Crippen LogP contribution in [-0.2, 0) is 13.1 Å². The van der Waals surface area contributed by atoms with Crippen molar-refractivity contribution < 1.29 is 13.6 Å². The van der Waals surface area contributed by atoms with Gasteiger partial charge in [-0.15, -0.1) is 0 Å². The number of fused-ring (bicyclic) bond motifs is 1. The van der Waals surface area contributed by atoms with Gasteiger partial charge in [-0.3, -0.25) is 4.79 Å². The molecule has 0 saturated carbocycles. The Morgan fingerprint density at radius 3 is 2.68 bits per heavy atom. The first-order valence-electron chi connectivity index (χ1n) is 9.83. The second-order valence-corrected chi connectivity index (χ2v) is 7.31. The van der Waals surface area contributed by atoms with Crippen LogP contribution >= 0.6 is 0 Å². The number of benzene rings is 2. The van der Waals surface area contributed by atoms with Crippen LogP contribution in [0.5, 0.6) is 0 Å². The van der Waals surface area contributed by atoms with Crippen molar-refractivity contribution in [3.63, 3.8) is 0 Å². The molecular formula is C24H19FN4O2. The summed E-state index contributed by atoms with van der Waals surface area (Å²) in [5.74, 6) is -0.573. The van der Waals surface area contributed by atoms with Gasteiger partial charge in [-0.25, -0.2) is 9.37 Å². The summed E-state index contributed by atoms with van der Waals surface area (Å²) in [7, 11) is 0. The highest BCUT2D eigenvalue weighted by atomic mass is 19.1. The summed E-state index contributed by atoms with van der Waals surface area (Å²) < 4.78 is 22.9. The van der Waals surface area contributed by atoms with Crippen LogP contribution in [0, 0.1) is 5.82 Å². The lowest BCUT2D eigenvalue weighted by atomic mass is 10.2. The van der Waals surface area contributed by atoms with Gasteiger partial charge in [0.25, 0.3) is 5.91 Å². The molecule has 0 bridgehead atoms. The van der Waals surface area contributed by atoms with Crippen molar-refractivity contribution in [3.05, 3.63) is 108 Å². The highest BCUT2D eigenvalue weighted by Crippen LogP contribution is 2.24. The van der Waals surface area contributed by atoms with Crippen molar-refractivity contribution in [2.24, 2.45) is 0 Å². The third kappa shape index (κ3) is 3.98. The van der Waals surface area contributed by atoms with Crippen molar-refractivity contribution in [3.8, 4) is 0 Å². The fourth-order valence-electron chi connectivity index (χ4n) is 3.69. The maximum Gasteiger partial charge on any atom is 0.272 e. The van der Waals surface area contributed by atoms with E-state index in [1.165, 1.54) is 12.1 Å². The minimum atomic E-state index is -0.311. The fourth-order valence-corrected chi connectivity index (χ4v) is 3.69. The van der Waals surface area contributed by atoms with E-state index in [-0.39, 0.29) is 11.7 Å². The first-order valence-corrected chi connectivity index (χ1v) is 9.83. The van der Waals surface area contributed by atoms with Crippen LogP contribution in [0.4, 0.5) is 10.1 Å². The van der Waals surface area contributed by atoms with Gasteiger partial charge < -0.3 is 18.9 Å². The normalized spacial score (nSPS) is 11.1. The van der Waals surface area contributed by atoms with Crippen LogP contribution in [0.15, 0.2) is 90.1 Å². The zero-order chi connectivity index (χ0) is 21.2. The number of amides is 1. The summed E-state index contributed by atoms with van der Waals surface area (Å²) in [6, 6.07) is 17.5. The van der Waals surface area contributed by atoms with Crippen molar-refractivity contribution in [1.29, 1.82) is 0 Å². The van der Waals surface area contributed by atoms with Crippen molar-refractivity contribution in [2.75, 3.05) is 5.32 Å². The Kier molecular flexibility index (Phi) is 4.84. The van der Waals surface area contributed by atoms with E-state index in [4.69, 9.17) is 4.42 Å². The summed E-state index contributed by atoms with van der Waals surface area (Å²) >= 11 is 0. The van der Waals surface area contributed by atoms with Crippen molar-refractivity contribution in [1.82, 2.24) is 14.1 Å². The summed E-state index contributed by atoms with van der Waals surface area (Å²) in [5, 5.41) is 2.97. The monoisotopic (exact) mass is 414 g/mol. The molecule has 5 aromatic rings. The largest absolute Gasteiger partial charge is 0.463 e. The number of nitrogens with zero attached hydrogens (tertiary/aromatic N) is 3. The molecule has 0 fully saturated rings. The molecular weight excluding hydrogens is 395 g/mol. The van der Waals surface area contributed by atoms with Gasteiger partial charge in [-0.2, -0.15) is 0 Å². The molecule has 154 valence electrons. The van der Waals surface area contributed by atoms with E-state index in [0.717, 1.165) is 16.6 Å². The average molecular weight is 414 g/mol. The SMILES string of the molecule is O=C(Nc1cccc(Cn2ccnc2)c1)c1cc2occc2n1Cc1cccc(F)c1. The molecule has 7 heteroatoms. The Morgan fingerprint density at radius 2 is 1.87 bits per heavy atom. The first kappa shape index (κ1) is 18.9. The lowest BCUT2D eigenvalue weighted by molar-refractivity contribution is 0.101. The quantitative estimate of drug-likeness (QED) is 0.429. The zero-order valence-corrected chi connectivity index (χ0v) is 16.5. The highest BCUT2D eigenvalue weighted by molar-refractivity contribution is 6.05. The maximum absolute atomic E-state index is 13.7. The topological polar surface area (TPSA) is 65.0 Å². The Bertz CT molecular complexity index is 1350. The molecule has 0 aliphatic carbocycles. The van der Waals surface area contributed by atoms with E-state index in [1.807, 2.05) is 45.7 Å². The minimum absolute atomic E-state index is 0.261. The van der Waals surface area contributed by atoms with Crippen LogP contribution < -0.4 is 5.32 Å². The van der Waals surface area contributed by atoms with Crippen molar-refractivity contribution >= 4 is 22.7 Å². The Balaban J connectivity index is 1.42. The summed E-state index contributed by atoms with van der Waals surface area (Å²) in [6.45, 7) is 1.01. The van der Waals surface area contributed by atoms with Gasteiger partial charge in [0.2, 0.25) is 0 Å². The minimum Gasteiger partial charge on any atom is -0.463 e. The highest BCUT2D eigenvalue weighted by Gasteiger charge is 2.18. The van der Waals surface area contributed by atoms with Gasteiger partial charge in [0.15, 0.2) is 5.58 Å². The van der Waals surface area contributed by atoms with Gasteiger partial charge in [0.05, 0.1) is 18.1 Å². The molecule has 6 nitrogen and oxygen atoms in total. The molecule has 0 aliphatic heterocycles. The van der Waals surface area contributed by atoms with Gasteiger partial charge in [-0.1, -0.05) is 24.3 Å². The van der Waals surface area contributed by atoms with E-state index in [1.54, 1.807) is 37.0 Å². The molecule has 31 heavy (non-hydrogen) atoms. The smallest absolute Gasteiger partial charge is 0.272 e. The molecule has 3 aromatic heterocycles. The second-order valence-electron chi connectivity index (χ2n) is 7.31. The fraction of sp³-hybridized carbons (Fsp3) is 0.0833. The van der Waals surface area contributed by atoms with Gasteiger partial charge >= 0.3 is 0 Å². The number of hydrogen-bond donors (Lipinski definition) is 1. The molecule has 1 N–H and O–H groups in total. The molecule has 0 spiro atoms. The number of aromatic nitrogens is 3. The lowest BCUT2D eigenvalue weighted by Crippen LogP contribution is -2.17. The molecule has 0 unspecified atom stereocenters. The second kappa shape index (κ2) is 7.95. The number of imidazole rings is 1. The molecule has 2 aromatic carbocycles. The number of anilines is 1. The average Bonchev–Trinajstić information content (AvgIpc) is 3.48. The van der Waals surface area contributed by atoms with E-state index in [2.05, 4.69) is 10.3 Å². The summed E-state index contributed by atoms with van der Waals surface area (Å²) in [6.07, 6.45) is 6.95. The van der Waals surface area contributed by atoms with E-state index in [0.29, 0.717) is 30.1 Å². The van der Waals surface area contributed by atoms with E-state index in [9.17, 15) is 9.18 Å². The Labute approximate surface area is 177 Å². The summed E-state index contributed by atoms with van der Waals surface area (Å²) in [4.78, 5) is 17.2. The van der Waals surface area contributed by atoms with Crippen LogP contribution in [-0.4, -0.2) is 20.0 Å². The van der Waals surface area contributed by atoms with Crippen LogP contribution in [0.2, 0.25) is 0 Å². The Hall–Kier alpha value is -4.13. The summed E-state index contributed by atoms with van der Waals surface area (Å²) in [5.41, 5.74) is 4.32. The molecule has 1 amide bonds. The maximum atomic E-state index is 13.7. The van der Waals surface area contributed by atoms with E-state index >= 15 is 0 Å². The molecule has 0 saturated heterocycles. The third-order valence-corrected chi connectivity index (χ3v) is 5.09. The number of hydrogen-bond acceptors (Lipinski definition) is 3. The molecule has 5 rings (SSSR count). The predicted molar refractivity (Wildman–Crippen MR) is 115 cm³/mol. The standard InChI is InChI=1S/C24H19FN4O2/c25-19-5-1-3-17(11-19)15-29-21-7-10-31-23(21)13-22(29)24(30)27-20-6-2-4-18(12-20)14-28-9-8-26-16-28/h1-13,16H,14-15H2,(H,27,30). The van der Waals surface area contributed by atoms with Crippen LogP contribution in [0.25, 0.3) is 11.1 Å². The lowest BCUT2D eigenvalue weighted by Gasteiger charge is -2.12. The molecule has 0 atom stereocenters.